The second-order valence-electron chi connectivity index (χ2n) is 5.43. The third-order valence-electron chi connectivity index (χ3n) is 3.79. The van der Waals surface area contributed by atoms with Gasteiger partial charge in [-0.3, -0.25) is 4.79 Å². The van der Waals surface area contributed by atoms with Gasteiger partial charge < -0.3 is 19.1 Å². The molecule has 7 nitrogen and oxygen atoms in total. The molecule has 0 saturated carbocycles. The molecule has 0 aliphatic heterocycles. The van der Waals surface area contributed by atoms with E-state index in [1.165, 1.54) is 7.11 Å². The largest absolute Gasteiger partial charge is 0.493 e. The van der Waals surface area contributed by atoms with Gasteiger partial charge in [0.15, 0.2) is 23.8 Å². The van der Waals surface area contributed by atoms with Gasteiger partial charge in [0, 0.05) is 16.9 Å². The van der Waals surface area contributed by atoms with Gasteiger partial charge >= 0.3 is 5.91 Å². The van der Waals surface area contributed by atoms with Gasteiger partial charge in [0.1, 0.15) is 0 Å². The molecule has 1 heterocycles. The zero-order valence-electron chi connectivity index (χ0n) is 14.1. The van der Waals surface area contributed by atoms with Crippen molar-refractivity contribution >= 4 is 38.4 Å². The number of fused-ring (bicyclic) bond motifs is 1. The number of nitrogens with zero attached hydrogens (tertiary/aromatic N) is 3. The number of methoxy groups -OCH3 is 1. The quantitative estimate of drug-likeness (QED) is 0.625. The number of hydrogen-bond acceptors (Lipinski definition) is 5. The van der Waals surface area contributed by atoms with Crippen LogP contribution >= 0.6 is 15.9 Å². The van der Waals surface area contributed by atoms with E-state index in [9.17, 15) is 9.90 Å². The number of para-hydroxylation sites is 2. The number of carbonyl (C=O) groups excluding carboxylic acids is 1. The first-order valence-electron chi connectivity index (χ1n) is 7.68. The van der Waals surface area contributed by atoms with E-state index in [4.69, 9.17) is 9.47 Å². The van der Waals surface area contributed by atoms with E-state index >= 15 is 0 Å². The first-order valence-corrected chi connectivity index (χ1v) is 8.48. The molecule has 1 aromatic heterocycles. The Balaban J connectivity index is 1.78. The van der Waals surface area contributed by atoms with Crippen LogP contribution in [-0.2, 0) is 11.8 Å². The lowest BCUT2D eigenvalue weighted by Gasteiger charge is -2.07. The highest BCUT2D eigenvalue weighted by Crippen LogP contribution is 2.39. The Hall–Kier alpha value is -2.87. The van der Waals surface area contributed by atoms with E-state index < -0.39 is 5.91 Å². The molecule has 3 aromatic rings. The van der Waals surface area contributed by atoms with Crippen molar-refractivity contribution in [2.45, 2.75) is 0 Å². The zero-order chi connectivity index (χ0) is 18.7. The molecule has 0 atom stereocenters. The maximum Gasteiger partial charge on any atom is 0.302 e. The van der Waals surface area contributed by atoms with Crippen molar-refractivity contribution < 1.29 is 19.4 Å². The molecule has 0 aliphatic rings. The maximum absolute atomic E-state index is 12.0. The SMILES string of the molecule is COc1ccccc1OCC(=O)N=Nc1c(O)n(C)c2ccc(Br)cc12. The minimum atomic E-state index is -0.581. The number of ether oxygens (including phenoxy) is 2. The average Bonchev–Trinajstić information content (AvgIpc) is 2.88. The van der Waals surface area contributed by atoms with Crippen LogP contribution in [0.1, 0.15) is 0 Å². The maximum atomic E-state index is 12.0. The molecular formula is C18H16BrN3O4. The first kappa shape index (κ1) is 17.9. The van der Waals surface area contributed by atoms with Gasteiger partial charge in [0.05, 0.1) is 12.6 Å². The summed E-state index contributed by atoms with van der Waals surface area (Å²) in [6.45, 7) is -0.293. The molecule has 0 fully saturated rings. The van der Waals surface area contributed by atoms with Crippen LogP contribution in [0.25, 0.3) is 10.9 Å². The van der Waals surface area contributed by atoms with Gasteiger partial charge in [-0.25, -0.2) is 0 Å². The minimum Gasteiger partial charge on any atom is -0.493 e. The van der Waals surface area contributed by atoms with Gasteiger partial charge in [-0.2, -0.15) is 0 Å². The van der Waals surface area contributed by atoms with Crippen LogP contribution in [-0.4, -0.2) is 29.3 Å². The lowest BCUT2D eigenvalue weighted by Crippen LogP contribution is -2.08. The van der Waals surface area contributed by atoms with Crippen LogP contribution in [0.2, 0.25) is 0 Å². The van der Waals surface area contributed by atoms with Crippen LogP contribution < -0.4 is 9.47 Å². The van der Waals surface area contributed by atoms with E-state index in [1.807, 2.05) is 12.1 Å². The fraction of sp³-hybridized carbons (Fsp3) is 0.167. The minimum absolute atomic E-state index is 0.0692. The standard InChI is InChI=1S/C18H16BrN3O4/c1-22-13-8-7-11(19)9-12(13)17(18(22)24)21-20-16(23)10-26-15-6-4-3-5-14(15)25-2/h3-9,24H,10H2,1-2H3. The summed E-state index contributed by atoms with van der Waals surface area (Å²) in [5.41, 5.74) is 1.01. The number of azo groups is 1. The number of aryl methyl sites for hydroxylation is 1. The molecule has 0 radical (unpaired) electrons. The molecule has 0 unspecified atom stereocenters. The van der Waals surface area contributed by atoms with Crippen LogP contribution in [0, 0.1) is 0 Å². The molecule has 0 bridgehead atoms. The van der Waals surface area contributed by atoms with Crippen molar-refractivity contribution in [1.82, 2.24) is 4.57 Å². The number of aromatic nitrogens is 1. The number of carbonyl (C=O) groups is 1. The van der Waals surface area contributed by atoms with E-state index in [-0.39, 0.29) is 18.2 Å². The molecule has 1 amide bonds. The Bertz CT molecular complexity index is 998. The van der Waals surface area contributed by atoms with Crippen LogP contribution in [0.15, 0.2) is 57.2 Å². The summed E-state index contributed by atoms with van der Waals surface area (Å²) in [6.07, 6.45) is 0. The van der Waals surface area contributed by atoms with Crippen molar-refractivity contribution in [3.05, 3.63) is 46.9 Å². The normalized spacial score (nSPS) is 11.2. The monoisotopic (exact) mass is 417 g/mol. The third-order valence-corrected chi connectivity index (χ3v) is 4.28. The summed E-state index contributed by atoms with van der Waals surface area (Å²) >= 11 is 3.38. The summed E-state index contributed by atoms with van der Waals surface area (Å²) in [5.74, 6) is 0.312. The number of benzene rings is 2. The van der Waals surface area contributed by atoms with Crippen molar-refractivity contribution in [1.29, 1.82) is 0 Å². The van der Waals surface area contributed by atoms with E-state index in [0.717, 1.165) is 9.99 Å². The number of rotatable bonds is 5. The van der Waals surface area contributed by atoms with Gasteiger partial charge in [0.25, 0.3) is 0 Å². The number of halogens is 1. The fourth-order valence-corrected chi connectivity index (χ4v) is 2.86. The summed E-state index contributed by atoms with van der Waals surface area (Å²) in [6, 6.07) is 12.5. The van der Waals surface area contributed by atoms with E-state index in [0.29, 0.717) is 16.9 Å². The smallest absolute Gasteiger partial charge is 0.302 e. The molecule has 3 rings (SSSR count). The second kappa shape index (κ2) is 7.57. The van der Waals surface area contributed by atoms with Crippen LogP contribution in [0.5, 0.6) is 17.4 Å². The van der Waals surface area contributed by atoms with Crippen molar-refractivity contribution in [3.8, 4) is 17.4 Å². The highest BCUT2D eigenvalue weighted by atomic mass is 79.9. The number of hydrogen-bond donors (Lipinski definition) is 1. The molecule has 8 heteroatoms. The molecule has 0 saturated heterocycles. The number of aromatic hydroxyl groups is 1. The summed E-state index contributed by atoms with van der Waals surface area (Å²) in [5, 5.41) is 18.5. The molecule has 134 valence electrons. The van der Waals surface area contributed by atoms with Gasteiger partial charge in [0.2, 0.25) is 5.88 Å². The Labute approximate surface area is 158 Å². The molecule has 1 N–H and O–H groups in total. The molecular weight excluding hydrogens is 402 g/mol. The van der Waals surface area contributed by atoms with E-state index in [2.05, 4.69) is 26.2 Å². The number of amides is 1. The average molecular weight is 418 g/mol. The Morgan fingerprint density at radius 2 is 1.96 bits per heavy atom. The zero-order valence-corrected chi connectivity index (χ0v) is 15.7. The van der Waals surface area contributed by atoms with Crippen molar-refractivity contribution in [3.63, 3.8) is 0 Å². The molecule has 2 aromatic carbocycles. The Morgan fingerprint density at radius 3 is 2.69 bits per heavy atom. The predicted molar refractivity (Wildman–Crippen MR) is 100 cm³/mol. The first-order chi connectivity index (χ1) is 12.5. The van der Waals surface area contributed by atoms with Crippen molar-refractivity contribution in [2.24, 2.45) is 17.3 Å². The van der Waals surface area contributed by atoms with Gasteiger partial charge in [-0.15, -0.1) is 10.2 Å². The fourth-order valence-electron chi connectivity index (χ4n) is 2.49. The van der Waals surface area contributed by atoms with Gasteiger partial charge in [-0.1, -0.05) is 28.1 Å². The van der Waals surface area contributed by atoms with Crippen LogP contribution in [0.3, 0.4) is 0 Å². The second-order valence-corrected chi connectivity index (χ2v) is 6.34. The highest BCUT2D eigenvalue weighted by Gasteiger charge is 2.15. The topological polar surface area (TPSA) is 85.4 Å². The predicted octanol–water partition coefficient (Wildman–Crippen LogP) is 4.34. The van der Waals surface area contributed by atoms with E-state index in [1.54, 1.807) is 41.9 Å². The van der Waals surface area contributed by atoms with Crippen LogP contribution in [0.4, 0.5) is 5.69 Å². The van der Waals surface area contributed by atoms with Crippen molar-refractivity contribution in [2.75, 3.05) is 13.7 Å². The Kier molecular flexibility index (Phi) is 5.22. The lowest BCUT2D eigenvalue weighted by atomic mass is 10.2. The summed E-state index contributed by atoms with van der Waals surface area (Å²) in [7, 11) is 3.22. The third kappa shape index (κ3) is 3.55. The summed E-state index contributed by atoms with van der Waals surface area (Å²) in [4.78, 5) is 12.0. The lowest BCUT2D eigenvalue weighted by molar-refractivity contribution is -0.120. The molecule has 26 heavy (non-hydrogen) atoms. The summed E-state index contributed by atoms with van der Waals surface area (Å²) < 4.78 is 13.0. The highest BCUT2D eigenvalue weighted by molar-refractivity contribution is 9.10. The molecule has 0 aliphatic carbocycles. The Morgan fingerprint density at radius 1 is 1.23 bits per heavy atom. The molecule has 0 spiro atoms. The van der Waals surface area contributed by atoms with Gasteiger partial charge in [-0.05, 0) is 30.3 Å².